The molecule has 1 saturated heterocycles. The van der Waals surface area contributed by atoms with Crippen LogP contribution < -0.4 is 0 Å². The van der Waals surface area contributed by atoms with Gasteiger partial charge in [-0.05, 0) is 59.3 Å². The smallest absolute Gasteiger partial charge is 0.410 e. The number of carbonyl (C=O) groups is 2. The van der Waals surface area contributed by atoms with Crippen LogP contribution in [0.5, 0.6) is 0 Å². The largest absolute Gasteiger partial charge is 0.469 e. The van der Waals surface area contributed by atoms with Gasteiger partial charge in [0, 0.05) is 7.11 Å². The fourth-order valence-corrected chi connectivity index (χ4v) is 4.18. The summed E-state index contributed by atoms with van der Waals surface area (Å²) in [5.74, 6) is -0.135. The number of rotatable bonds is 6. The second-order valence-electron chi connectivity index (χ2n) is 8.91. The van der Waals surface area contributed by atoms with E-state index in [-0.39, 0.29) is 36.2 Å². The lowest BCUT2D eigenvalue weighted by atomic mass is 10.0. The third kappa shape index (κ3) is 6.62. The number of ether oxygens (including phenoxy) is 4. The zero-order valence-electron chi connectivity index (χ0n) is 18.1. The van der Waals surface area contributed by atoms with Gasteiger partial charge >= 0.3 is 12.1 Å². The van der Waals surface area contributed by atoms with Crippen LogP contribution in [-0.2, 0) is 23.7 Å². The van der Waals surface area contributed by atoms with E-state index in [1.807, 2.05) is 25.7 Å². The second kappa shape index (κ2) is 10.4. The molecule has 2 unspecified atom stereocenters. The van der Waals surface area contributed by atoms with Crippen LogP contribution in [0.2, 0.25) is 0 Å². The summed E-state index contributed by atoms with van der Waals surface area (Å²) in [7, 11) is 3.10. The van der Waals surface area contributed by atoms with Gasteiger partial charge in [0.15, 0.2) is 0 Å². The van der Waals surface area contributed by atoms with E-state index in [4.69, 9.17) is 18.9 Å². The Kier molecular flexibility index (Phi) is 8.56. The van der Waals surface area contributed by atoms with Crippen molar-refractivity contribution in [2.24, 2.45) is 5.92 Å². The van der Waals surface area contributed by atoms with Crippen molar-refractivity contribution in [3.8, 4) is 0 Å². The lowest BCUT2D eigenvalue weighted by Gasteiger charge is -2.33. The number of esters is 1. The van der Waals surface area contributed by atoms with Crippen molar-refractivity contribution >= 4 is 12.1 Å². The maximum absolute atomic E-state index is 12.8. The average Bonchev–Trinajstić information content (AvgIpc) is 2.87. The van der Waals surface area contributed by atoms with Crippen molar-refractivity contribution < 1.29 is 28.5 Å². The Morgan fingerprint density at radius 2 is 1.61 bits per heavy atom. The molecule has 2 fully saturated rings. The van der Waals surface area contributed by atoms with Crippen LogP contribution in [0.25, 0.3) is 0 Å². The monoisotopic (exact) mass is 399 g/mol. The topological polar surface area (TPSA) is 74.3 Å². The van der Waals surface area contributed by atoms with Gasteiger partial charge in [0.1, 0.15) is 5.60 Å². The van der Waals surface area contributed by atoms with Gasteiger partial charge in [-0.1, -0.05) is 6.42 Å². The molecule has 1 amide bonds. The van der Waals surface area contributed by atoms with Crippen LogP contribution in [0.15, 0.2) is 0 Å². The summed E-state index contributed by atoms with van der Waals surface area (Å²) in [5.41, 5.74) is -0.535. The highest BCUT2D eigenvalue weighted by molar-refractivity contribution is 5.72. The Morgan fingerprint density at radius 3 is 2.21 bits per heavy atom. The predicted octanol–water partition coefficient (Wildman–Crippen LogP) is 3.54. The van der Waals surface area contributed by atoms with Crippen LogP contribution in [0, 0.1) is 5.92 Å². The van der Waals surface area contributed by atoms with Crippen molar-refractivity contribution in [1.82, 2.24) is 4.90 Å². The number of amides is 1. The van der Waals surface area contributed by atoms with Gasteiger partial charge in [0.2, 0.25) is 0 Å². The van der Waals surface area contributed by atoms with Gasteiger partial charge in [-0.25, -0.2) is 4.79 Å². The Labute approximate surface area is 169 Å². The van der Waals surface area contributed by atoms with Gasteiger partial charge in [0.05, 0.1) is 44.4 Å². The van der Waals surface area contributed by atoms with Crippen molar-refractivity contribution in [2.75, 3.05) is 27.4 Å². The van der Waals surface area contributed by atoms with Gasteiger partial charge in [-0.15, -0.1) is 0 Å². The van der Waals surface area contributed by atoms with Gasteiger partial charge in [-0.2, -0.15) is 0 Å². The molecule has 1 heterocycles. The first-order valence-corrected chi connectivity index (χ1v) is 10.4. The van der Waals surface area contributed by atoms with E-state index in [0.717, 1.165) is 44.9 Å². The molecule has 0 aromatic rings. The van der Waals surface area contributed by atoms with E-state index in [1.54, 1.807) is 7.11 Å². The minimum Gasteiger partial charge on any atom is -0.469 e. The maximum Gasteiger partial charge on any atom is 0.410 e. The fraction of sp³-hybridized carbons (Fsp3) is 0.905. The second-order valence-corrected chi connectivity index (χ2v) is 8.91. The van der Waals surface area contributed by atoms with Crippen LogP contribution in [0.1, 0.15) is 65.7 Å². The standard InChI is InChI=1S/C21H37NO6/c1-21(2,3)28-20(24)22-16(13-25-4)10-11-17(22)14-27-18-8-6-7-15(9-12-18)19(23)26-5/h15-18H,6-14H2,1-5H3/t15-,16-,17?,18?/m0/s1. The van der Waals surface area contributed by atoms with E-state index < -0.39 is 5.60 Å². The first kappa shape index (κ1) is 22.9. The van der Waals surface area contributed by atoms with Gasteiger partial charge in [-0.3, -0.25) is 9.69 Å². The van der Waals surface area contributed by atoms with Crippen molar-refractivity contribution in [1.29, 1.82) is 0 Å². The first-order chi connectivity index (χ1) is 13.2. The van der Waals surface area contributed by atoms with Gasteiger partial charge < -0.3 is 18.9 Å². The SMILES string of the molecule is COC[C@@H]1CCC(COC2CCC[C@H](C(=O)OC)CC2)N1C(=O)OC(C)(C)C. The van der Waals surface area contributed by atoms with Crippen molar-refractivity contribution in [3.63, 3.8) is 0 Å². The summed E-state index contributed by atoms with van der Waals surface area (Å²) in [4.78, 5) is 26.4. The molecule has 1 aliphatic heterocycles. The van der Waals surface area contributed by atoms with Crippen molar-refractivity contribution in [3.05, 3.63) is 0 Å². The zero-order valence-corrected chi connectivity index (χ0v) is 18.1. The Balaban J connectivity index is 1.92. The highest BCUT2D eigenvalue weighted by Crippen LogP contribution is 2.30. The summed E-state index contributed by atoms with van der Waals surface area (Å²) >= 11 is 0. The van der Waals surface area contributed by atoms with Crippen LogP contribution in [-0.4, -0.2) is 68.2 Å². The molecule has 28 heavy (non-hydrogen) atoms. The molecular weight excluding hydrogens is 362 g/mol. The van der Waals surface area contributed by atoms with E-state index in [0.29, 0.717) is 13.2 Å². The number of methoxy groups -OCH3 is 2. The molecule has 7 heteroatoms. The molecule has 4 atom stereocenters. The van der Waals surface area contributed by atoms with Crippen LogP contribution >= 0.6 is 0 Å². The summed E-state index contributed by atoms with van der Waals surface area (Å²) in [6.45, 7) is 6.62. The molecule has 2 aliphatic rings. The van der Waals surface area contributed by atoms with Crippen molar-refractivity contribution in [2.45, 2.75) is 89.5 Å². The summed E-state index contributed by atoms with van der Waals surface area (Å²) in [6.07, 6.45) is 5.98. The number of hydrogen-bond donors (Lipinski definition) is 0. The molecule has 0 spiro atoms. The number of carbonyl (C=O) groups excluding carboxylic acids is 2. The highest BCUT2D eigenvalue weighted by Gasteiger charge is 2.39. The quantitative estimate of drug-likeness (QED) is 0.502. The molecule has 0 N–H and O–H groups in total. The van der Waals surface area contributed by atoms with E-state index in [2.05, 4.69) is 0 Å². The summed E-state index contributed by atoms with van der Waals surface area (Å²) in [6, 6.07) is 0.0148. The Hall–Kier alpha value is -1.34. The molecule has 0 aromatic heterocycles. The molecule has 1 saturated carbocycles. The lowest BCUT2D eigenvalue weighted by molar-refractivity contribution is -0.145. The molecule has 162 valence electrons. The predicted molar refractivity (Wildman–Crippen MR) is 105 cm³/mol. The molecule has 0 bridgehead atoms. The highest BCUT2D eigenvalue weighted by atomic mass is 16.6. The normalized spacial score (nSPS) is 28.7. The van der Waals surface area contributed by atoms with Crippen LogP contribution in [0.4, 0.5) is 4.79 Å². The molecule has 0 radical (unpaired) electrons. The molecule has 0 aromatic carbocycles. The fourth-order valence-electron chi connectivity index (χ4n) is 4.18. The molecular formula is C21H37NO6. The summed E-state index contributed by atoms with van der Waals surface area (Å²) < 4.78 is 22.0. The average molecular weight is 400 g/mol. The minimum absolute atomic E-state index is 0.00495. The Morgan fingerprint density at radius 1 is 0.929 bits per heavy atom. The molecule has 2 rings (SSSR count). The lowest BCUT2D eigenvalue weighted by Crippen LogP contribution is -2.47. The van der Waals surface area contributed by atoms with E-state index >= 15 is 0 Å². The zero-order chi connectivity index (χ0) is 20.7. The third-order valence-electron chi connectivity index (χ3n) is 5.56. The van der Waals surface area contributed by atoms with E-state index in [1.165, 1.54) is 7.11 Å². The maximum atomic E-state index is 12.8. The first-order valence-electron chi connectivity index (χ1n) is 10.4. The molecule has 1 aliphatic carbocycles. The van der Waals surface area contributed by atoms with E-state index in [9.17, 15) is 9.59 Å². The van der Waals surface area contributed by atoms with Crippen LogP contribution in [0.3, 0.4) is 0 Å². The number of hydrogen-bond acceptors (Lipinski definition) is 6. The molecule has 7 nitrogen and oxygen atoms in total. The Bertz CT molecular complexity index is 518. The number of likely N-dealkylation sites (tertiary alicyclic amines) is 1. The summed E-state index contributed by atoms with van der Waals surface area (Å²) in [5, 5.41) is 0. The minimum atomic E-state index is -0.535. The van der Waals surface area contributed by atoms with Gasteiger partial charge in [0.25, 0.3) is 0 Å². The third-order valence-corrected chi connectivity index (χ3v) is 5.56. The number of nitrogens with zero attached hydrogens (tertiary/aromatic N) is 1.